The van der Waals surface area contributed by atoms with E-state index in [1.54, 1.807) is 18.3 Å². The van der Waals surface area contributed by atoms with Crippen molar-refractivity contribution >= 4 is 11.6 Å². The summed E-state index contributed by atoms with van der Waals surface area (Å²) in [6, 6.07) is 3.42. The third kappa shape index (κ3) is 2.43. The van der Waals surface area contributed by atoms with Gasteiger partial charge in [-0.15, -0.1) is 0 Å². The van der Waals surface area contributed by atoms with E-state index in [1.165, 1.54) is 6.20 Å². The van der Waals surface area contributed by atoms with Crippen molar-refractivity contribution in [1.82, 2.24) is 4.98 Å². The normalized spacial score (nSPS) is 21.6. The van der Waals surface area contributed by atoms with Crippen LogP contribution in [0.5, 0.6) is 0 Å². The van der Waals surface area contributed by atoms with E-state index in [0.717, 1.165) is 12.8 Å². The fraction of sp³-hybridized carbons (Fsp3) is 0.500. The molecule has 0 aromatic carbocycles. The fourth-order valence-electron chi connectivity index (χ4n) is 2.37. The Kier molecular flexibility index (Phi) is 3.09. The second-order valence-electron chi connectivity index (χ2n) is 5.39. The van der Waals surface area contributed by atoms with Crippen LogP contribution in [0.15, 0.2) is 24.5 Å². The summed E-state index contributed by atoms with van der Waals surface area (Å²) in [4.78, 5) is 27.7. The summed E-state index contributed by atoms with van der Waals surface area (Å²) < 4.78 is 0. The molecule has 0 radical (unpaired) electrons. The van der Waals surface area contributed by atoms with E-state index >= 15 is 0 Å². The van der Waals surface area contributed by atoms with Crippen molar-refractivity contribution in [2.24, 2.45) is 11.3 Å². The van der Waals surface area contributed by atoms with Gasteiger partial charge in [0.1, 0.15) is 5.78 Å². The van der Waals surface area contributed by atoms with Crippen LogP contribution in [0.25, 0.3) is 0 Å². The molecule has 1 aromatic heterocycles. The van der Waals surface area contributed by atoms with Crippen LogP contribution in [0, 0.1) is 11.3 Å². The maximum atomic E-state index is 12.0. The monoisotopic (exact) mass is 231 g/mol. The molecule has 0 aliphatic heterocycles. The van der Waals surface area contributed by atoms with Crippen LogP contribution in [-0.2, 0) is 4.79 Å². The van der Waals surface area contributed by atoms with Crippen molar-refractivity contribution < 1.29 is 9.59 Å². The Bertz CT molecular complexity index is 437. The van der Waals surface area contributed by atoms with E-state index in [1.807, 2.05) is 0 Å². The number of Topliss-reactive ketones (excluding diaryl/α,β-unsaturated/α-hetero) is 2. The van der Waals surface area contributed by atoms with Crippen LogP contribution in [0.3, 0.4) is 0 Å². The quantitative estimate of drug-likeness (QED) is 0.591. The smallest absolute Gasteiger partial charge is 0.171 e. The molecule has 0 spiro atoms. The van der Waals surface area contributed by atoms with Crippen molar-refractivity contribution in [3.05, 3.63) is 30.1 Å². The molecule has 1 atom stereocenters. The fourth-order valence-corrected chi connectivity index (χ4v) is 2.37. The standard InChI is InChI=1S/C14H17NO2/c1-14(2)6-5-11(14)13(17)8-12(16)10-4-3-7-15-9-10/h3-4,7,9,11H,5-6,8H2,1-2H3. The van der Waals surface area contributed by atoms with Gasteiger partial charge in [-0.3, -0.25) is 14.6 Å². The van der Waals surface area contributed by atoms with Gasteiger partial charge in [0.2, 0.25) is 0 Å². The molecule has 1 heterocycles. The predicted octanol–water partition coefficient (Wildman–Crippen LogP) is 2.66. The Balaban J connectivity index is 1.98. The molecule has 17 heavy (non-hydrogen) atoms. The third-order valence-corrected chi connectivity index (χ3v) is 3.73. The predicted molar refractivity (Wildman–Crippen MR) is 64.7 cm³/mol. The molecule has 0 N–H and O–H groups in total. The Morgan fingerprint density at radius 2 is 2.24 bits per heavy atom. The van der Waals surface area contributed by atoms with Gasteiger partial charge in [-0.1, -0.05) is 13.8 Å². The minimum Gasteiger partial charge on any atom is -0.299 e. The minimum absolute atomic E-state index is 0.0137. The zero-order chi connectivity index (χ0) is 12.5. The third-order valence-electron chi connectivity index (χ3n) is 3.73. The number of aromatic nitrogens is 1. The Labute approximate surface area is 101 Å². The van der Waals surface area contributed by atoms with Crippen molar-refractivity contribution in [3.8, 4) is 0 Å². The van der Waals surface area contributed by atoms with Crippen LogP contribution < -0.4 is 0 Å². The minimum atomic E-state index is -0.120. The molecule has 2 rings (SSSR count). The first-order valence-electron chi connectivity index (χ1n) is 5.96. The molecule has 1 aliphatic rings. The molecule has 3 heteroatoms. The maximum absolute atomic E-state index is 12.0. The molecule has 1 saturated carbocycles. The Morgan fingerprint density at radius 1 is 1.47 bits per heavy atom. The summed E-state index contributed by atoms with van der Waals surface area (Å²) in [5, 5.41) is 0. The first kappa shape index (κ1) is 12.0. The van der Waals surface area contributed by atoms with Crippen LogP contribution in [0.4, 0.5) is 0 Å². The largest absolute Gasteiger partial charge is 0.299 e. The van der Waals surface area contributed by atoms with Crippen LogP contribution >= 0.6 is 0 Å². The second-order valence-corrected chi connectivity index (χ2v) is 5.39. The average molecular weight is 231 g/mol. The van der Waals surface area contributed by atoms with Gasteiger partial charge in [0.15, 0.2) is 5.78 Å². The van der Waals surface area contributed by atoms with Crippen molar-refractivity contribution in [2.45, 2.75) is 33.1 Å². The summed E-state index contributed by atoms with van der Waals surface area (Å²) in [5.41, 5.74) is 0.602. The number of rotatable bonds is 4. The molecule has 1 aromatic rings. The van der Waals surface area contributed by atoms with Crippen molar-refractivity contribution in [1.29, 1.82) is 0 Å². The number of carbonyl (C=O) groups excluding carboxylic acids is 2. The summed E-state index contributed by atoms with van der Waals surface area (Å²) >= 11 is 0. The number of hydrogen-bond donors (Lipinski definition) is 0. The van der Waals surface area contributed by atoms with E-state index in [4.69, 9.17) is 0 Å². The molecule has 0 bridgehead atoms. The van der Waals surface area contributed by atoms with Gasteiger partial charge in [-0.05, 0) is 30.4 Å². The summed E-state index contributed by atoms with van der Waals surface area (Å²) in [7, 11) is 0. The van der Waals surface area contributed by atoms with Gasteiger partial charge < -0.3 is 0 Å². The first-order valence-corrected chi connectivity index (χ1v) is 5.96. The van der Waals surface area contributed by atoms with Crippen molar-refractivity contribution in [2.75, 3.05) is 0 Å². The molecular weight excluding hydrogens is 214 g/mol. The van der Waals surface area contributed by atoms with Crippen LogP contribution in [0.1, 0.15) is 43.5 Å². The lowest BCUT2D eigenvalue weighted by Crippen LogP contribution is -2.40. The van der Waals surface area contributed by atoms with Gasteiger partial charge >= 0.3 is 0 Å². The van der Waals surface area contributed by atoms with E-state index < -0.39 is 0 Å². The average Bonchev–Trinajstić information content (AvgIpc) is 2.28. The molecule has 1 unspecified atom stereocenters. The highest BCUT2D eigenvalue weighted by Gasteiger charge is 2.43. The van der Waals surface area contributed by atoms with E-state index in [9.17, 15) is 9.59 Å². The zero-order valence-electron chi connectivity index (χ0n) is 10.3. The van der Waals surface area contributed by atoms with Gasteiger partial charge in [-0.25, -0.2) is 0 Å². The topological polar surface area (TPSA) is 47.0 Å². The summed E-state index contributed by atoms with van der Waals surface area (Å²) in [5.74, 6) is 0.0176. The van der Waals surface area contributed by atoms with E-state index in [-0.39, 0.29) is 29.3 Å². The van der Waals surface area contributed by atoms with Gasteiger partial charge in [0.05, 0.1) is 6.42 Å². The number of carbonyl (C=O) groups is 2. The molecule has 0 saturated heterocycles. The highest BCUT2D eigenvalue weighted by Crippen LogP contribution is 2.46. The molecule has 1 fully saturated rings. The second kappa shape index (κ2) is 4.40. The van der Waals surface area contributed by atoms with Gasteiger partial charge in [0, 0.05) is 23.9 Å². The summed E-state index contributed by atoms with van der Waals surface area (Å²) in [6.45, 7) is 4.18. The summed E-state index contributed by atoms with van der Waals surface area (Å²) in [6.07, 6.45) is 5.14. The van der Waals surface area contributed by atoms with E-state index in [2.05, 4.69) is 18.8 Å². The number of pyridine rings is 1. The SMILES string of the molecule is CC1(C)CCC1C(=O)CC(=O)c1cccnc1. The number of nitrogens with zero attached hydrogens (tertiary/aromatic N) is 1. The number of ketones is 2. The highest BCUT2D eigenvalue weighted by molar-refractivity contribution is 6.08. The molecule has 3 nitrogen and oxygen atoms in total. The Morgan fingerprint density at radius 3 is 2.71 bits per heavy atom. The lowest BCUT2D eigenvalue weighted by Gasteiger charge is -2.43. The zero-order valence-corrected chi connectivity index (χ0v) is 10.3. The lowest BCUT2D eigenvalue weighted by molar-refractivity contribution is -0.130. The molecule has 0 amide bonds. The lowest BCUT2D eigenvalue weighted by atomic mass is 9.60. The van der Waals surface area contributed by atoms with Gasteiger partial charge in [0.25, 0.3) is 0 Å². The molecule has 90 valence electrons. The van der Waals surface area contributed by atoms with Crippen LogP contribution in [0.2, 0.25) is 0 Å². The molecule has 1 aliphatic carbocycles. The number of hydrogen-bond acceptors (Lipinski definition) is 3. The first-order chi connectivity index (χ1) is 8.00. The Hall–Kier alpha value is -1.51. The maximum Gasteiger partial charge on any atom is 0.171 e. The molecular formula is C14H17NO2. The van der Waals surface area contributed by atoms with E-state index in [0.29, 0.717) is 5.56 Å². The van der Waals surface area contributed by atoms with Crippen LogP contribution in [-0.4, -0.2) is 16.6 Å². The highest BCUT2D eigenvalue weighted by atomic mass is 16.1. The van der Waals surface area contributed by atoms with Gasteiger partial charge in [-0.2, -0.15) is 0 Å². The van der Waals surface area contributed by atoms with Crippen molar-refractivity contribution in [3.63, 3.8) is 0 Å².